The number of aliphatic imine (C=N–C) groups is 1. The molecule has 0 saturated carbocycles. The Labute approximate surface area is 116 Å². The van der Waals surface area contributed by atoms with Gasteiger partial charge >= 0.3 is 0 Å². The van der Waals surface area contributed by atoms with Crippen molar-refractivity contribution in [1.82, 2.24) is 20.2 Å². The molecule has 20 heavy (non-hydrogen) atoms. The standard InChI is InChI=1S/C14H16FN5/c1-10-7-17-14(19-10)18-8-11-2-3-13(12(15)6-11)20-5-4-16-9-20/h2-6,9-10H,7-8H2,1H3,(H2,17,18,19). The quantitative estimate of drug-likeness (QED) is 0.890. The number of guanidine groups is 1. The summed E-state index contributed by atoms with van der Waals surface area (Å²) in [5.41, 5.74) is 1.37. The van der Waals surface area contributed by atoms with Crippen molar-refractivity contribution in [1.29, 1.82) is 0 Å². The van der Waals surface area contributed by atoms with Crippen LogP contribution in [0, 0.1) is 5.82 Å². The molecule has 104 valence electrons. The smallest absolute Gasteiger partial charge is 0.191 e. The molecule has 1 aliphatic heterocycles. The number of aromatic nitrogens is 2. The molecule has 0 amide bonds. The molecule has 0 bridgehead atoms. The van der Waals surface area contributed by atoms with Gasteiger partial charge in [0.25, 0.3) is 0 Å². The molecule has 0 radical (unpaired) electrons. The van der Waals surface area contributed by atoms with E-state index in [0.29, 0.717) is 18.3 Å². The lowest BCUT2D eigenvalue weighted by Gasteiger charge is -2.10. The predicted molar refractivity (Wildman–Crippen MR) is 75.3 cm³/mol. The number of imidazole rings is 1. The largest absolute Gasteiger partial charge is 0.352 e. The van der Waals surface area contributed by atoms with E-state index in [-0.39, 0.29) is 5.82 Å². The van der Waals surface area contributed by atoms with Crippen LogP contribution < -0.4 is 10.6 Å². The zero-order valence-electron chi connectivity index (χ0n) is 11.2. The van der Waals surface area contributed by atoms with E-state index in [1.165, 1.54) is 6.07 Å². The van der Waals surface area contributed by atoms with E-state index in [9.17, 15) is 4.39 Å². The summed E-state index contributed by atoms with van der Waals surface area (Å²) in [5.74, 6) is 0.508. The molecular formula is C14H16FN5. The lowest BCUT2D eigenvalue weighted by atomic mass is 10.2. The molecule has 2 N–H and O–H groups in total. The minimum absolute atomic E-state index is 0.267. The van der Waals surface area contributed by atoms with E-state index >= 15 is 0 Å². The van der Waals surface area contributed by atoms with Gasteiger partial charge in [0.1, 0.15) is 5.82 Å². The van der Waals surface area contributed by atoms with Crippen LogP contribution in [0.25, 0.3) is 5.69 Å². The van der Waals surface area contributed by atoms with E-state index < -0.39 is 0 Å². The van der Waals surface area contributed by atoms with Crippen LogP contribution in [0.4, 0.5) is 4.39 Å². The number of nitrogens with zero attached hydrogens (tertiary/aromatic N) is 3. The molecule has 5 nitrogen and oxygen atoms in total. The average Bonchev–Trinajstić information content (AvgIpc) is 3.08. The topological polar surface area (TPSA) is 54.2 Å². The van der Waals surface area contributed by atoms with Gasteiger partial charge in [-0.15, -0.1) is 0 Å². The van der Waals surface area contributed by atoms with Crippen molar-refractivity contribution in [3.8, 4) is 5.69 Å². The Morgan fingerprint density at radius 1 is 1.50 bits per heavy atom. The molecule has 0 spiro atoms. The van der Waals surface area contributed by atoms with Crippen LogP contribution in [0.15, 0.2) is 41.9 Å². The van der Waals surface area contributed by atoms with E-state index in [2.05, 4.69) is 27.5 Å². The SMILES string of the molecule is CC1CN=C(NCc2ccc(-n3ccnc3)c(F)c2)N1. The minimum atomic E-state index is -0.267. The number of nitrogens with one attached hydrogen (secondary N) is 2. The summed E-state index contributed by atoms with van der Waals surface area (Å²) >= 11 is 0. The Morgan fingerprint density at radius 2 is 2.40 bits per heavy atom. The maximum absolute atomic E-state index is 14.1. The molecule has 1 aromatic carbocycles. The van der Waals surface area contributed by atoms with Crippen LogP contribution in [0.1, 0.15) is 12.5 Å². The average molecular weight is 273 g/mol. The maximum atomic E-state index is 14.1. The predicted octanol–water partition coefficient (Wildman–Crippen LogP) is 1.45. The fraction of sp³-hybridized carbons (Fsp3) is 0.286. The Balaban J connectivity index is 1.68. The lowest BCUT2D eigenvalue weighted by Crippen LogP contribution is -2.37. The molecule has 1 aromatic heterocycles. The first-order valence-electron chi connectivity index (χ1n) is 6.54. The molecule has 0 fully saturated rings. The van der Waals surface area contributed by atoms with Crippen LogP contribution >= 0.6 is 0 Å². The number of halogens is 1. The second-order valence-electron chi connectivity index (χ2n) is 4.84. The highest BCUT2D eigenvalue weighted by atomic mass is 19.1. The van der Waals surface area contributed by atoms with Crippen LogP contribution in [0.5, 0.6) is 0 Å². The van der Waals surface area contributed by atoms with E-state index in [1.807, 2.05) is 6.07 Å². The van der Waals surface area contributed by atoms with Crippen molar-refractivity contribution >= 4 is 5.96 Å². The highest BCUT2D eigenvalue weighted by Gasteiger charge is 2.12. The summed E-state index contributed by atoms with van der Waals surface area (Å²) in [7, 11) is 0. The van der Waals surface area contributed by atoms with Crippen molar-refractivity contribution in [2.24, 2.45) is 4.99 Å². The molecule has 2 aromatic rings. The normalized spacial score (nSPS) is 17.7. The van der Waals surface area contributed by atoms with Gasteiger partial charge in [0.2, 0.25) is 0 Å². The van der Waals surface area contributed by atoms with Crippen molar-refractivity contribution in [2.75, 3.05) is 6.54 Å². The van der Waals surface area contributed by atoms with Gasteiger partial charge in [-0.2, -0.15) is 0 Å². The second kappa shape index (κ2) is 5.32. The highest BCUT2D eigenvalue weighted by molar-refractivity contribution is 5.81. The molecule has 6 heteroatoms. The monoisotopic (exact) mass is 273 g/mol. The summed E-state index contributed by atoms with van der Waals surface area (Å²) in [6.45, 7) is 3.38. The van der Waals surface area contributed by atoms with Gasteiger partial charge in [-0.05, 0) is 24.6 Å². The minimum Gasteiger partial charge on any atom is -0.352 e. The lowest BCUT2D eigenvalue weighted by molar-refractivity contribution is 0.615. The van der Waals surface area contributed by atoms with Gasteiger partial charge in [0.15, 0.2) is 5.96 Å². The van der Waals surface area contributed by atoms with Crippen LogP contribution in [0.3, 0.4) is 0 Å². The Bertz CT molecular complexity index is 620. The van der Waals surface area contributed by atoms with Crippen LogP contribution in [-0.2, 0) is 6.54 Å². The van der Waals surface area contributed by atoms with Gasteiger partial charge in [-0.3, -0.25) is 4.99 Å². The third-order valence-corrected chi connectivity index (χ3v) is 3.16. The van der Waals surface area contributed by atoms with Crippen LogP contribution in [-0.4, -0.2) is 28.1 Å². The second-order valence-corrected chi connectivity index (χ2v) is 4.84. The summed E-state index contributed by atoms with van der Waals surface area (Å²) in [4.78, 5) is 8.22. The van der Waals surface area contributed by atoms with E-state index in [0.717, 1.165) is 18.1 Å². The van der Waals surface area contributed by atoms with Crippen LogP contribution in [0.2, 0.25) is 0 Å². The van der Waals surface area contributed by atoms with Gasteiger partial charge < -0.3 is 15.2 Å². The molecule has 1 unspecified atom stereocenters. The molecule has 2 heterocycles. The Morgan fingerprint density at radius 3 is 3.05 bits per heavy atom. The first-order chi connectivity index (χ1) is 9.72. The van der Waals surface area contributed by atoms with Gasteiger partial charge in [0, 0.05) is 25.0 Å². The van der Waals surface area contributed by atoms with E-state index in [1.54, 1.807) is 29.4 Å². The molecule has 1 aliphatic rings. The summed E-state index contributed by atoms with van der Waals surface area (Å²) in [5, 5.41) is 6.37. The van der Waals surface area contributed by atoms with Gasteiger partial charge in [0.05, 0.1) is 18.6 Å². The van der Waals surface area contributed by atoms with Crippen molar-refractivity contribution < 1.29 is 4.39 Å². The molecule has 1 atom stereocenters. The van der Waals surface area contributed by atoms with Gasteiger partial charge in [-0.25, -0.2) is 9.37 Å². The third-order valence-electron chi connectivity index (χ3n) is 3.16. The van der Waals surface area contributed by atoms with Crippen molar-refractivity contribution in [2.45, 2.75) is 19.5 Å². The van der Waals surface area contributed by atoms with Crippen molar-refractivity contribution in [3.05, 3.63) is 48.3 Å². The molecule has 0 aliphatic carbocycles. The maximum Gasteiger partial charge on any atom is 0.191 e. The third kappa shape index (κ3) is 2.64. The van der Waals surface area contributed by atoms with Gasteiger partial charge in [-0.1, -0.05) is 6.07 Å². The summed E-state index contributed by atoms with van der Waals surface area (Å²) < 4.78 is 15.7. The fourth-order valence-electron chi connectivity index (χ4n) is 2.12. The number of benzene rings is 1. The van der Waals surface area contributed by atoms with E-state index in [4.69, 9.17) is 0 Å². The number of hydrogen-bond donors (Lipinski definition) is 2. The number of rotatable bonds is 3. The first-order valence-corrected chi connectivity index (χ1v) is 6.54. The zero-order valence-corrected chi connectivity index (χ0v) is 11.2. The summed E-state index contributed by atoms with van der Waals surface area (Å²) in [6.07, 6.45) is 4.92. The first kappa shape index (κ1) is 12.7. The fourth-order valence-corrected chi connectivity index (χ4v) is 2.12. The number of hydrogen-bond acceptors (Lipinski definition) is 4. The highest BCUT2D eigenvalue weighted by Crippen LogP contribution is 2.14. The van der Waals surface area contributed by atoms with Crippen molar-refractivity contribution in [3.63, 3.8) is 0 Å². The summed E-state index contributed by atoms with van der Waals surface area (Å²) in [6, 6.07) is 5.53. The zero-order chi connectivity index (χ0) is 13.9. The Kier molecular flexibility index (Phi) is 3.37. The Hall–Kier alpha value is -2.37. The molecule has 0 saturated heterocycles. The molecular weight excluding hydrogens is 257 g/mol. The molecule has 3 rings (SSSR count).